The van der Waals surface area contributed by atoms with Gasteiger partial charge in [0.15, 0.2) is 5.82 Å². The molecule has 0 aliphatic carbocycles. The lowest BCUT2D eigenvalue weighted by Crippen LogP contribution is -2.40. The number of anilines is 1. The molecule has 2 aromatic heterocycles. The molecule has 18 heavy (non-hydrogen) atoms. The molecule has 1 aliphatic heterocycles. The van der Waals surface area contributed by atoms with E-state index in [1.807, 2.05) is 22.7 Å². The first-order valence-electron chi connectivity index (χ1n) is 6.18. The van der Waals surface area contributed by atoms with Gasteiger partial charge in [0, 0.05) is 18.8 Å². The molecule has 0 spiro atoms. The molecule has 1 saturated heterocycles. The topological polar surface area (TPSA) is 45.5 Å². The smallest absolute Gasteiger partial charge is 0.228 e. The van der Waals surface area contributed by atoms with Gasteiger partial charge in [-0.05, 0) is 50.2 Å². The molecule has 0 amide bonds. The van der Waals surface area contributed by atoms with E-state index in [0.29, 0.717) is 11.3 Å². The van der Waals surface area contributed by atoms with Crippen molar-refractivity contribution in [3.05, 3.63) is 23.6 Å². The standard InChI is InChI=1S/C12H16ClN5/c1-17-6-2-4-9(8-17)14-11-10-5-3-7-18(10)12(13)16-15-11/h3,5,7,9H,2,4,6,8H2,1H3,(H,14,15). The average molecular weight is 266 g/mol. The zero-order valence-corrected chi connectivity index (χ0v) is 11.1. The molecule has 5 nitrogen and oxygen atoms in total. The van der Waals surface area contributed by atoms with Crippen molar-refractivity contribution in [2.45, 2.75) is 18.9 Å². The maximum atomic E-state index is 5.99. The molecule has 3 rings (SSSR count). The molecule has 3 heterocycles. The SMILES string of the molecule is CN1CCCC(Nc2nnc(Cl)n3cccc23)C1. The molecule has 2 aromatic rings. The van der Waals surface area contributed by atoms with Gasteiger partial charge in [-0.1, -0.05) is 0 Å². The van der Waals surface area contributed by atoms with Crippen molar-refractivity contribution in [2.75, 3.05) is 25.5 Å². The quantitative estimate of drug-likeness (QED) is 0.901. The number of piperidine rings is 1. The molecule has 1 atom stereocenters. The Kier molecular flexibility index (Phi) is 3.09. The molecule has 0 radical (unpaired) electrons. The van der Waals surface area contributed by atoms with E-state index in [2.05, 4.69) is 27.5 Å². The summed E-state index contributed by atoms with van der Waals surface area (Å²) in [5.74, 6) is 0.810. The monoisotopic (exact) mass is 265 g/mol. The van der Waals surface area contributed by atoms with E-state index >= 15 is 0 Å². The van der Waals surface area contributed by atoms with Gasteiger partial charge in [-0.3, -0.25) is 4.40 Å². The molecule has 1 N–H and O–H groups in total. The molecule has 0 aromatic carbocycles. The third-order valence-corrected chi connectivity index (χ3v) is 3.65. The molecule has 1 fully saturated rings. The number of hydrogen-bond donors (Lipinski definition) is 1. The lowest BCUT2D eigenvalue weighted by atomic mass is 10.1. The largest absolute Gasteiger partial charge is 0.363 e. The number of nitrogens with one attached hydrogen (secondary N) is 1. The van der Waals surface area contributed by atoms with Crippen molar-refractivity contribution in [1.82, 2.24) is 19.5 Å². The minimum absolute atomic E-state index is 0.390. The fourth-order valence-electron chi connectivity index (χ4n) is 2.51. The number of fused-ring (bicyclic) bond motifs is 1. The number of likely N-dealkylation sites (tertiary alicyclic amines) is 1. The Labute approximate surface area is 111 Å². The van der Waals surface area contributed by atoms with Gasteiger partial charge < -0.3 is 10.2 Å². The second-order valence-electron chi connectivity index (χ2n) is 4.83. The molecule has 1 unspecified atom stereocenters. The Morgan fingerprint density at radius 2 is 2.33 bits per heavy atom. The molecule has 96 valence electrons. The third kappa shape index (κ3) is 2.15. The number of likely N-dealkylation sites (N-methyl/N-ethyl adjacent to an activating group) is 1. The molecular formula is C12H16ClN5. The van der Waals surface area contributed by atoms with Gasteiger partial charge in [-0.2, -0.15) is 0 Å². The highest BCUT2D eigenvalue weighted by Gasteiger charge is 2.18. The van der Waals surface area contributed by atoms with Crippen molar-refractivity contribution < 1.29 is 0 Å². The van der Waals surface area contributed by atoms with E-state index < -0.39 is 0 Å². The highest BCUT2D eigenvalue weighted by Crippen LogP contribution is 2.20. The summed E-state index contributed by atoms with van der Waals surface area (Å²) in [7, 11) is 2.15. The normalized spacial score (nSPS) is 21.3. The van der Waals surface area contributed by atoms with Gasteiger partial charge in [0.2, 0.25) is 5.28 Å². The minimum atomic E-state index is 0.390. The molecule has 6 heteroatoms. The Bertz CT molecular complexity index is 552. The van der Waals surface area contributed by atoms with Crippen LogP contribution in [0, 0.1) is 0 Å². The highest BCUT2D eigenvalue weighted by atomic mass is 35.5. The zero-order chi connectivity index (χ0) is 12.5. The summed E-state index contributed by atoms with van der Waals surface area (Å²) in [6.07, 6.45) is 4.28. The van der Waals surface area contributed by atoms with Crippen LogP contribution in [0.5, 0.6) is 0 Å². The molecule has 1 aliphatic rings. The summed E-state index contributed by atoms with van der Waals surface area (Å²) in [5.41, 5.74) is 0.975. The maximum Gasteiger partial charge on any atom is 0.228 e. The Morgan fingerprint density at radius 1 is 1.44 bits per heavy atom. The van der Waals surface area contributed by atoms with E-state index in [0.717, 1.165) is 17.9 Å². The van der Waals surface area contributed by atoms with Crippen molar-refractivity contribution in [1.29, 1.82) is 0 Å². The van der Waals surface area contributed by atoms with Crippen LogP contribution in [0.3, 0.4) is 0 Å². The third-order valence-electron chi connectivity index (χ3n) is 3.39. The summed E-state index contributed by atoms with van der Waals surface area (Å²) in [4.78, 5) is 2.33. The molecular weight excluding hydrogens is 250 g/mol. The number of nitrogens with zero attached hydrogens (tertiary/aromatic N) is 4. The highest BCUT2D eigenvalue weighted by molar-refractivity contribution is 6.28. The van der Waals surface area contributed by atoms with E-state index in [4.69, 9.17) is 11.6 Å². The van der Waals surface area contributed by atoms with Crippen molar-refractivity contribution in [2.24, 2.45) is 0 Å². The number of hydrogen-bond acceptors (Lipinski definition) is 4. The van der Waals surface area contributed by atoms with Crippen molar-refractivity contribution in [3.8, 4) is 0 Å². The predicted molar refractivity (Wildman–Crippen MR) is 72.1 cm³/mol. The van der Waals surface area contributed by atoms with Crippen LogP contribution in [0.2, 0.25) is 5.28 Å². The lowest BCUT2D eigenvalue weighted by Gasteiger charge is -2.30. The summed E-state index contributed by atoms with van der Waals surface area (Å²) in [6.45, 7) is 2.21. The predicted octanol–water partition coefficient (Wildman–Crippen LogP) is 1.89. The van der Waals surface area contributed by atoms with E-state index in [9.17, 15) is 0 Å². The second-order valence-corrected chi connectivity index (χ2v) is 5.16. The summed E-state index contributed by atoms with van der Waals surface area (Å²) < 4.78 is 1.84. The van der Waals surface area contributed by atoms with Crippen LogP contribution in [0.25, 0.3) is 5.52 Å². The van der Waals surface area contributed by atoms with Crippen LogP contribution >= 0.6 is 11.6 Å². The van der Waals surface area contributed by atoms with E-state index in [1.165, 1.54) is 19.4 Å². The Hall–Kier alpha value is -1.33. The van der Waals surface area contributed by atoms with E-state index in [-0.39, 0.29) is 0 Å². The Morgan fingerprint density at radius 3 is 3.17 bits per heavy atom. The van der Waals surface area contributed by atoms with Gasteiger partial charge in [-0.25, -0.2) is 0 Å². The zero-order valence-electron chi connectivity index (χ0n) is 10.3. The van der Waals surface area contributed by atoms with Crippen LogP contribution in [0.15, 0.2) is 18.3 Å². The maximum absolute atomic E-state index is 5.99. The first-order chi connectivity index (χ1) is 8.74. The molecule has 0 bridgehead atoms. The number of rotatable bonds is 2. The first kappa shape index (κ1) is 11.7. The van der Waals surface area contributed by atoms with Crippen molar-refractivity contribution >= 4 is 22.9 Å². The van der Waals surface area contributed by atoms with Crippen molar-refractivity contribution in [3.63, 3.8) is 0 Å². The second kappa shape index (κ2) is 4.74. The van der Waals surface area contributed by atoms with Crippen LogP contribution < -0.4 is 5.32 Å². The fraction of sp³-hybridized carbons (Fsp3) is 0.500. The van der Waals surface area contributed by atoms with Gasteiger partial charge in [-0.15, -0.1) is 10.2 Å². The summed E-state index contributed by atoms with van der Waals surface area (Å²) >= 11 is 5.99. The van der Waals surface area contributed by atoms with Crippen LogP contribution in [-0.2, 0) is 0 Å². The van der Waals surface area contributed by atoms with E-state index in [1.54, 1.807) is 0 Å². The van der Waals surface area contributed by atoms with Gasteiger partial charge in [0.05, 0.1) is 5.52 Å². The van der Waals surface area contributed by atoms with Crippen LogP contribution in [-0.4, -0.2) is 45.7 Å². The van der Waals surface area contributed by atoms with Gasteiger partial charge in [0.25, 0.3) is 0 Å². The summed E-state index contributed by atoms with van der Waals surface area (Å²) in [5, 5.41) is 12.0. The fourth-order valence-corrected chi connectivity index (χ4v) is 2.69. The van der Waals surface area contributed by atoms with Crippen LogP contribution in [0.1, 0.15) is 12.8 Å². The minimum Gasteiger partial charge on any atom is -0.363 e. The summed E-state index contributed by atoms with van der Waals surface area (Å²) in [6, 6.07) is 4.37. The molecule has 0 saturated carbocycles. The van der Waals surface area contributed by atoms with Gasteiger partial charge >= 0.3 is 0 Å². The lowest BCUT2D eigenvalue weighted by molar-refractivity contribution is 0.260. The number of aromatic nitrogens is 3. The first-order valence-corrected chi connectivity index (χ1v) is 6.56. The Balaban J connectivity index is 1.86. The number of halogens is 1. The average Bonchev–Trinajstić information content (AvgIpc) is 2.83. The van der Waals surface area contributed by atoms with Gasteiger partial charge in [0.1, 0.15) is 0 Å². The van der Waals surface area contributed by atoms with Crippen LogP contribution in [0.4, 0.5) is 5.82 Å².